The van der Waals surface area contributed by atoms with Gasteiger partial charge in [0, 0.05) is 18.0 Å². The SMILES string of the molecule is C=c1cc(C)cc(C)/c1=C(\C)NC.CC.CCCC(CCC)C(C)C. The van der Waals surface area contributed by atoms with Gasteiger partial charge in [0.15, 0.2) is 0 Å². The third kappa shape index (κ3) is 10.4. The van der Waals surface area contributed by atoms with Gasteiger partial charge in [0.25, 0.3) is 0 Å². The fraction of sp³-hybridized carbons (Fsp3) is 0.667. The molecule has 0 atom stereocenters. The van der Waals surface area contributed by atoms with Crippen LogP contribution in [-0.2, 0) is 0 Å². The van der Waals surface area contributed by atoms with Gasteiger partial charge >= 0.3 is 0 Å². The Morgan fingerprint density at radius 3 is 1.84 bits per heavy atom. The van der Waals surface area contributed by atoms with Crippen LogP contribution in [0.25, 0.3) is 12.3 Å². The van der Waals surface area contributed by atoms with Gasteiger partial charge in [0.1, 0.15) is 0 Å². The average molecular weight is 348 g/mol. The highest BCUT2D eigenvalue weighted by molar-refractivity contribution is 5.44. The van der Waals surface area contributed by atoms with Crippen molar-refractivity contribution in [3.8, 4) is 0 Å². The van der Waals surface area contributed by atoms with E-state index in [1.54, 1.807) is 0 Å². The summed E-state index contributed by atoms with van der Waals surface area (Å²) in [7, 11) is 1.94. The van der Waals surface area contributed by atoms with Gasteiger partial charge in [-0.1, -0.05) is 91.5 Å². The van der Waals surface area contributed by atoms with E-state index in [0.717, 1.165) is 17.1 Å². The summed E-state index contributed by atoms with van der Waals surface area (Å²) in [5, 5.41) is 5.50. The first-order valence-corrected chi connectivity index (χ1v) is 10.2. The van der Waals surface area contributed by atoms with E-state index in [4.69, 9.17) is 0 Å². The van der Waals surface area contributed by atoms with Crippen LogP contribution in [0, 0.1) is 25.7 Å². The van der Waals surface area contributed by atoms with Crippen molar-refractivity contribution in [1.29, 1.82) is 0 Å². The van der Waals surface area contributed by atoms with Crippen LogP contribution < -0.4 is 15.8 Å². The van der Waals surface area contributed by atoms with Crippen molar-refractivity contribution < 1.29 is 0 Å². The van der Waals surface area contributed by atoms with Gasteiger partial charge in [-0.2, -0.15) is 0 Å². The fourth-order valence-electron chi connectivity index (χ4n) is 3.27. The lowest BCUT2D eigenvalue weighted by Gasteiger charge is -2.18. The van der Waals surface area contributed by atoms with Crippen molar-refractivity contribution in [3.05, 3.63) is 33.7 Å². The van der Waals surface area contributed by atoms with Crippen molar-refractivity contribution in [1.82, 2.24) is 5.32 Å². The summed E-state index contributed by atoms with van der Waals surface area (Å²) in [5.41, 5.74) is 3.74. The average Bonchev–Trinajstić information content (AvgIpc) is 2.55. The molecule has 0 unspecified atom stereocenters. The van der Waals surface area contributed by atoms with Crippen molar-refractivity contribution in [2.45, 2.75) is 88.0 Å². The molecule has 0 spiro atoms. The molecule has 0 amide bonds. The normalized spacial score (nSPS) is 11.4. The lowest BCUT2D eigenvalue weighted by molar-refractivity contribution is 0.331. The van der Waals surface area contributed by atoms with Gasteiger partial charge < -0.3 is 5.32 Å². The zero-order chi connectivity index (χ0) is 20.0. The molecule has 1 N–H and O–H groups in total. The number of benzene rings is 1. The minimum absolute atomic E-state index is 0.889. The number of rotatable bonds is 6. The smallest absolute Gasteiger partial charge is 0.0154 e. The summed E-state index contributed by atoms with van der Waals surface area (Å²) in [6, 6.07) is 4.30. The summed E-state index contributed by atoms with van der Waals surface area (Å²) in [6.07, 6.45) is 5.54. The molecule has 25 heavy (non-hydrogen) atoms. The standard InChI is InChI=1S/C12H17N.C10H22.C2H6/c1-8-6-9(2)12(10(3)7-8)11(4)13-5;1-5-7-10(8-6-2)9(3)4;1-2/h6-7,13H,2H2,1,3-5H3;9-10H,5-8H2,1-4H3;1-2H3/b12-11+;;. The molecule has 146 valence electrons. The molecule has 1 aromatic carbocycles. The third-order valence-corrected chi connectivity index (χ3v) is 4.57. The second kappa shape index (κ2) is 15.0. The molecule has 1 heteroatoms. The molecule has 0 aliphatic rings. The summed E-state index contributed by atoms with van der Waals surface area (Å²) in [4.78, 5) is 0. The molecular weight excluding hydrogens is 302 g/mol. The lowest BCUT2D eigenvalue weighted by atomic mass is 9.88. The number of hydrogen-bond donors (Lipinski definition) is 1. The van der Waals surface area contributed by atoms with Crippen LogP contribution in [0.5, 0.6) is 0 Å². The van der Waals surface area contributed by atoms with E-state index in [1.807, 2.05) is 20.9 Å². The third-order valence-electron chi connectivity index (χ3n) is 4.57. The Bertz CT molecular complexity index is 548. The topological polar surface area (TPSA) is 12.0 Å². The molecule has 1 aromatic rings. The van der Waals surface area contributed by atoms with Crippen molar-refractivity contribution in [2.75, 3.05) is 7.05 Å². The first kappa shape index (κ1) is 26.0. The highest BCUT2D eigenvalue weighted by Crippen LogP contribution is 2.21. The van der Waals surface area contributed by atoms with E-state index < -0.39 is 0 Å². The van der Waals surface area contributed by atoms with Crippen molar-refractivity contribution in [2.24, 2.45) is 11.8 Å². The van der Waals surface area contributed by atoms with Crippen molar-refractivity contribution in [3.63, 3.8) is 0 Å². The first-order chi connectivity index (χ1) is 11.8. The van der Waals surface area contributed by atoms with Gasteiger partial charge in [-0.05, 0) is 43.4 Å². The van der Waals surface area contributed by atoms with Crippen LogP contribution >= 0.6 is 0 Å². The Morgan fingerprint density at radius 1 is 1.04 bits per heavy atom. The molecule has 1 nitrogen and oxygen atoms in total. The molecule has 0 saturated heterocycles. The van der Waals surface area contributed by atoms with Crippen LogP contribution in [0.3, 0.4) is 0 Å². The minimum Gasteiger partial charge on any atom is -0.391 e. The van der Waals surface area contributed by atoms with E-state index in [2.05, 4.69) is 72.5 Å². The maximum absolute atomic E-state index is 4.05. The molecule has 0 radical (unpaired) electrons. The van der Waals surface area contributed by atoms with E-state index >= 15 is 0 Å². The van der Waals surface area contributed by atoms with Crippen LogP contribution in [-0.4, -0.2) is 7.05 Å². The second-order valence-electron chi connectivity index (χ2n) is 7.07. The summed E-state index contributed by atoms with van der Waals surface area (Å²) >= 11 is 0. The largest absolute Gasteiger partial charge is 0.391 e. The molecule has 0 fully saturated rings. The van der Waals surface area contributed by atoms with Gasteiger partial charge in [0.2, 0.25) is 0 Å². The number of aryl methyl sites for hydroxylation is 2. The van der Waals surface area contributed by atoms with E-state index in [9.17, 15) is 0 Å². The van der Waals surface area contributed by atoms with E-state index in [-0.39, 0.29) is 0 Å². The maximum atomic E-state index is 4.05. The Morgan fingerprint density at radius 2 is 1.52 bits per heavy atom. The monoisotopic (exact) mass is 347 g/mol. The van der Waals surface area contributed by atoms with E-state index in [1.165, 1.54) is 47.7 Å². The van der Waals surface area contributed by atoms with Gasteiger partial charge in [-0.3, -0.25) is 0 Å². The predicted octanol–water partition coefficient (Wildman–Crippen LogP) is 5.95. The second-order valence-corrected chi connectivity index (χ2v) is 7.07. The molecule has 1 rings (SSSR count). The molecular formula is C24H45N. The quantitative estimate of drug-likeness (QED) is 0.671. The lowest BCUT2D eigenvalue weighted by Crippen LogP contribution is -2.31. The van der Waals surface area contributed by atoms with Crippen LogP contribution in [0.4, 0.5) is 0 Å². The number of nitrogens with one attached hydrogen (secondary N) is 1. The molecule has 0 bridgehead atoms. The van der Waals surface area contributed by atoms with Gasteiger partial charge in [0.05, 0.1) is 0 Å². The Kier molecular flexibility index (Phi) is 15.6. The molecule has 0 heterocycles. The van der Waals surface area contributed by atoms with Gasteiger partial charge in [-0.25, -0.2) is 0 Å². The Hall–Kier alpha value is -1.24. The van der Waals surface area contributed by atoms with Crippen LogP contribution in [0.1, 0.15) is 85.3 Å². The predicted molar refractivity (Wildman–Crippen MR) is 118 cm³/mol. The summed E-state index contributed by atoms with van der Waals surface area (Å²) < 4.78 is 0. The van der Waals surface area contributed by atoms with Gasteiger partial charge in [-0.15, -0.1) is 0 Å². The summed E-state index contributed by atoms with van der Waals surface area (Å²) in [5.74, 6) is 1.87. The summed E-state index contributed by atoms with van der Waals surface area (Å²) in [6.45, 7) is 23.6. The zero-order valence-corrected chi connectivity index (χ0v) is 18.8. The molecule has 0 aliphatic carbocycles. The van der Waals surface area contributed by atoms with E-state index in [0.29, 0.717) is 0 Å². The minimum atomic E-state index is 0.889. The Labute approximate surface area is 158 Å². The van der Waals surface area contributed by atoms with Crippen LogP contribution in [0.15, 0.2) is 12.1 Å². The highest BCUT2D eigenvalue weighted by atomic mass is 14.8. The van der Waals surface area contributed by atoms with Crippen LogP contribution in [0.2, 0.25) is 0 Å². The maximum Gasteiger partial charge on any atom is 0.0154 e. The fourth-order valence-corrected chi connectivity index (χ4v) is 3.27. The molecule has 0 aromatic heterocycles. The number of hydrogen-bond acceptors (Lipinski definition) is 1. The Balaban J connectivity index is 0. The molecule has 0 aliphatic heterocycles. The van der Waals surface area contributed by atoms with Crippen molar-refractivity contribution >= 4 is 12.3 Å². The molecule has 0 saturated carbocycles. The zero-order valence-electron chi connectivity index (χ0n) is 18.8. The first-order valence-electron chi connectivity index (χ1n) is 10.2. The highest BCUT2D eigenvalue weighted by Gasteiger charge is 2.09.